The minimum atomic E-state index is -0.361. The zero-order valence-corrected chi connectivity index (χ0v) is 16.8. The molecule has 1 fully saturated rings. The van der Waals surface area contributed by atoms with Crippen LogP contribution < -0.4 is 10.1 Å². The van der Waals surface area contributed by atoms with E-state index in [0.717, 1.165) is 30.8 Å². The molecule has 0 spiro atoms. The Balaban J connectivity index is 1.26. The molecule has 30 heavy (non-hydrogen) atoms. The van der Waals surface area contributed by atoms with Crippen LogP contribution in [0.15, 0.2) is 42.6 Å². The maximum Gasteiger partial charge on any atom is 0.261 e. The van der Waals surface area contributed by atoms with E-state index < -0.39 is 0 Å². The molecule has 0 radical (unpaired) electrons. The number of carbonyl (C=O) groups excluding carboxylic acids is 3. The minimum absolute atomic E-state index is 0.0132. The van der Waals surface area contributed by atoms with Crippen LogP contribution in [0.2, 0.25) is 0 Å². The van der Waals surface area contributed by atoms with E-state index in [-0.39, 0.29) is 36.8 Å². The van der Waals surface area contributed by atoms with Crippen LogP contribution in [0.4, 0.5) is 5.69 Å². The van der Waals surface area contributed by atoms with Crippen LogP contribution in [-0.4, -0.2) is 65.3 Å². The lowest BCUT2D eigenvalue weighted by atomic mass is 10.1. The van der Waals surface area contributed by atoms with Crippen LogP contribution in [0.1, 0.15) is 40.0 Å². The van der Waals surface area contributed by atoms with E-state index in [9.17, 15) is 14.4 Å². The summed E-state index contributed by atoms with van der Waals surface area (Å²) in [6, 6.07) is 10.1. The Morgan fingerprint density at radius 2 is 1.77 bits per heavy atom. The van der Waals surface area contributed by atoms with Crippen LogP contribution in [-0.2, 0) is 4.79 Å². The standard InChI is InChI=1S/C22H24N4O4/c1-25-11-8-16(9-12-25)30-20-7-6-15(14-23-20)24-19(27)10-13-26-21(28)17-4-2-3-5-18(17)22(26)29/h2-7,14,16H,8-13H2,1H3,(H,24,27). The molecule has 4 rings (SSSR count). The summed E-state index contributed by atoms with van der Waals surface area (Å²) < 4.78 is 5.90. The van der Waals surface area contributed by atoms with Crippen molar-refractivity contribution in [1.82, 2.24) is 14.8 Å². The predicted molar refractivity (Wildman–Crippen MR) is 110 cm³/mol. The summed E-state index contributed by atoms with van der Waals surface area (Å²) in [6.45, 7) is 2.04. The van der Waals surface area contributed by atoms with E-state index in [1.807, 2.05) is 0 Å². The fourth-order valence-electron chi connectivity index (χ4n) is 3.68. The molecule has 1 aromatic heterocycles. The first kappa shape index (κ1) is 20.0. The van der Waals surface area contributed by atoms with Gasteiger partial charge in [-0.3, -0.25) is 19.3 Å². The lowest BCUT2D eigenvalue weighted by Gasteiger charge is -2.28. The van der Waals surface area contributed by atoms with E-state index in [2.05, 4.69) is 22.2 Å². The summed E-state index contributed by atoms with van der Waals surface area (Å²) in [7, 11) is 2.10. The highest BCUT2D eigenvalue weighted by Gasteiger charge is 2.34. The number of aromatic nitrogens is 1. The monoisotopic (exact) mass is 408 g/mol. The number of ether oxygens (including phenoxy) is 1. The molecule has 0 aliphatic carbocycles. The van der Waals surface area contributed by atoms with Gasteiger partial charge in [-0.2, -0.15) is 0 Å². The number of carbonyl (C=O) groups is 3. The van der Waals surface area contributed by atoms with Crippen LogP contribution in [0, 0.1) is 0 Å². The van der Waals surface area contributed by atoms with Crippen LogP contribution in [0.3, 0.4) is 0 Å². The number of amides is 3. The van der Waals surface area contributed by atoms with Gasteiger partial charge in [-0.05, 0) is 38.1 Å². The smallest absolute Gasteiger partial charge is 0.261 e. The lowest BCUT2D eigenvalue weighted by Crippen LogP contribution is -2.35. The van der Waals surface area contributed by atoms with Gasteiger partial charge in [0.05, 0.1) is 23.0 Å². The largest absolute Gasteiger partial charge is 0.474 e. The molecule has 2 aliphatic rings. The Bertz CT molecular complexity index is 917. The van der Waals surface area contributed by atoms with Gasteiger partial charge in [-0.1, -0.05) is 12.1 Å². The molecule has 3 amide bonds. The Labute approximate surface area is 174 Å². The van der Waals surface area contributed by atoms with Crippen molar-refractivity contribution in [3.8, 4) is 5.88 Å². The normalized spacial score (nSPS) is 17.2. The molecule has 1 N–H and O–H groups in total. The summed E-state index contributed by atoms with van der Waals surface area (Å²) in [5.41, 5.74) is 1.30. The third-order valence-corrected chi connectivity index (χ3v) is 5.41. The third-order valence-electron chi connectivity index (χ3n) is 5.41. The van der Waals surface area contributed by atoms with E-state index >= 15 is 0 Å². The van der Waals surface area contributed by atoms with Crippen molar-refractivity contribution in [1.29, 1.82) is 0 Å². The second kappa shape index (κ2) is 8.62. The van der Waals surface area contributed by atoms with Gasteiger partial charge in [-0.15, -0.1) is 0 Å². The molecule has 8 nitrogen and oxygen atoms in total. The Hall–Kier alpha value is -3.26. The zero-order valence-electron chi connectivity index (χ0n) is 16.8. The van der Waals surface area contributed by atoms with Crippen molar-refractivity contribution in [3.05, 3.63) is 53.7 Å². The summed E-state index contributed by atoms with van der Waals surface area (Å²) in [5, 5.41) is 2.74. The lowest BCUT2D eigenvalue weighted by molar-refractivity contribution is -0.116. The SMILES string of the molecule is CN1CCC(Oc2ccc(NC(=O)CCN3C(=O)c4ccccc4C3=O)cn2)CC1. The van der Waals surface area contributed by atoms with Gasteiger partial charge < -0.3 is 15.0 Å². The number of piperidine rings is 1. The molecule has 3 heterocycles. The Morgan fingerprint density at radius 1 is 1.10 bits per heavy atom. The number of anilines is 1. The van der Waals surface area contributed by atoms with E-state index in [0.29, 0.717) is 22.7 Å². The first-order valence-electron chi connectivity index (χ1n) is 10.1. The summed E-state index contributed by atoms with van der Waals surface area (Å²) in [6.07, 6.45) is 3.65. The Kier molecular flexibility index (Phi) is 5.76. The van der Waals surface area contributed by atoms with Crippen molar-refractivity contribution in [2.75, 3.05) is 32.0 Å². The quantitative estimate of drug-likeness (QED) is 0.737. The van der Waals surface area contributed by atoms with Crippen molar-refractivity contribution >= 4 is 23.4 Å². The number of hydrogen-bond acceptors (Lipinski definition) is 6. The van der Waals surface area contributed by atoms with Crippen molar-refractivity contribution in [3.63, 3.8) is 0 Å². The van der Waals surface area contributed by atoms with Gasteiger partial charge in [0.2, 0.25) is 11.8 Å². The van der Waals surface area contributed by atoms with Crippen LogP contribution in [0.25, 0.3) is 0 Å². The predicted octanol–water partition coefficient (Wildman–Crippen LogP) is 2.18. The molecule has 0 unspecified atom stereocenters. The number of benzene rings is 1. The van der Waals surface area contributed by atoms with Gasteiger partial charge in [0, 0.05) is 32.1 Å². The van der Waals surface area contributed by atoms with E-state index in [4.69, 9.17) is 4.74 Å². The van der Waals surface area contributed by atoms with E-state index in [1.165, 1.54) is 0 Å². The summed E-state index contributed by atoms with van der Waals surface area (Å²) in [5.74, 6) is -0.480. The van der Waals surface area contributed by atoms with Gasteiger partial charge >= 0.3 is 0 Å². The average molecular weight is 408 g/mol. The molecule has 1 aromatic carbocycles. The molecule has 0 bridgehead atoms. The molecular weight excluding hydrogens is 384 g/mol. The van der Waals surface area contributed by atoms with Crippen molar-refractivity contribution in [2.24, 2.45) is 0 Å². The number of nitrogens with one attached hydrogen (secondary N) is 1. The molecule has 8 heteroatoms. The van der Waals surface area contributed by atoms with Gasteiger partial charge in [0.15, 0.2) is 0 Å². The van der Waals surface area contributed by atoms with E-state index in [1.54, 1.807) is 42.6 Å². The molecular formula is C22H24N4O4. The van der Waals surface area contributed by atoms with Crippen molar-refractivity contribution < 1.29 is 19.1 Å². The third kappa shape index (κ3) is 4.33. The van der Waals surface area contributed by atoms with Crippen molar-refractivity contribution in [2.45, 2.75) is 25.4 Å². The second-order valence-electron chi connectivity index (χ2n) is 7.61. The summed E-state index contributed by atoms with van der Waals surface area (Å²) in [4.78, 5) is 44.6. The molecule has 0 atom stereocenters. The minimum Gasteiger partial charge on any atom is -0.474 e. The maximum absolute atomic E-state index is 12.3. The highest BCUT2D eigenvalue weighted by atomic mass is 16.5. The fraction of sp³-hybridized carbons (Fsp3) is 0.364. The Morgan fingerprint density at radius 3 is 2.37 bits per heavy atom. The fourth-order valence-corrected chi connectivity index (χ4v) is 3.68. The summed E-state index contributed by atoms with van der Waals surface area (Å²) >= 11 is 0. The number of likely N-dealkylation sites (tertiary alicyclic amines) is 1. The number of pyridine rings is 1. The molecule has 1 saturated heterocycles. The van der Waals surface area contributed by atoms with Gasteiger partial charge in [0.25, 0.3) is 11.8 Å². The van der Waals surface area contributed by atoms with Crippen LogP contribution >= 0.6 is 0 Å². The molecule has 0 saturated carbocycles. The van der Waals surface area contributed by atoms with Crippen LogP contribution in [0.5, 0.6) is 5.88 Å². The molecule has 156 valence electrons. The first-order chi connectivity index (χ1) is 14.5. The first-order valence-corrected chi connectivity index (χ1v) is 10.1. The highest BCUT2D eigenvalue weighted by molar-refractivity contribution is 6.21. The maximum atomic E-state index is 12.3. The number of fused-ring (bicyclic) bond motifs is 1. The number of nitrogens with zero attached hydrogens (tertiary/aromatic N) is 3. The van der Waals surface area contributed by atoms with Gasteiger partial charge in [-0.25, -0.2) is 4.98 Å². The average Bonchev–Trinajstić information content (AvgIpc) is 3.00. The molecule has 2 aliphatic heterocycles. The number of imide groups is 1. The topological polar surface area (TPSA) is 91.8 Å². The number of rotatable bonds is 6. The highest BCUT2D eigenvalue weighted by Crippen LogP contribution is 2.23. The number of hydrogen-bond donors (Lipinski definition) is 1. The molecule has 2 aromatic rings. The zero-order chi connectivity index (χ0) is 21.1. The second-order valence-corrected chi connectivity index (χ2v) is 7.61. The van der Waals surface area contributed by atoms with Gasteiger partial charge in [0.1, 0.15) is 6.10 Å².